The second kappa shape index (κ2) is 8.07. The molecule has 1 aromatic carbocycles. The van der Waals surface area contributed by atoms with Crippen molar-refractivity contribution in [3.63, 3.8) is 0 Å². The highest BCUT2D eigenvalue weighted by molar-refractivity contribution is 5.86. The summed E-state index contributed by atoms with van der Waals surface area (Å²) < 4.78 is 53.5. The van der Waals surface area contributed by atoms with Crippen molar-refractivity contribution >= 4 is 16.9 Å². The summed E-state index contributed by atoms with van der Waals surface area (Å²) in [6.07, 6.45) is -3.49. The molecular weight excluding hydrogens is 353 g/mol. The van der Waals surface area contributed by atoms with Crippen molar-refractivity contribution in [2.75, 3.05) is 13.2 Å². The van der Waals surface area contributed by atoms with Crippen LogP contribution >= 0.6 is 0 Å². The third-order valence-electron chi connectivity index (χ3n) is 3.41. The first-order valence-corrected chi connectivity index (χ1v) is 7.79. The highest BCUT2D eigenvalue weighted by atomic mass is 19.4. The summed E-state index contributed by atoms with van der Waals surface area (Å²) >= 11 is 0. The fourth-order valence-corrected chi connectivity index (χ4v) is 2.10. The van der Waals surface area contributed by atoms with Gasteiger partial charge >= 0.3 is 17.8 Å². The molecule has 0 amide bonds. The molecule has 0 unspecified atom stereocenters. The van der Waals surface area contributed by atoms with Crippen LogP contribution in [0, 0.1) is 0 Å². The number of unbranched alkanes of at least 4 members (excludes halogenated alkanes) is 1. The van der Waals surface area contributed by atoms with Crippen molar-refractivity contribution in [3.8, 4) is 5.75 Å². The monoisotopic (exact) mass is 370 g/mol. The molecular formula is C18H17F3O5. The van der Waals surface area contributed by atoms with Crippen LogP contribution in [-0.4, -0.2) is 19.2 Å². The first-order valence-electron chi connectivity index (χ1n) is 7.79. The topological polar surface area (TPSA) is 65.7 Å². The van der Waals surface area contributed by atoms with Gasteiger partial charge in [-0.1, -0.05) is 6.58 Å². The number of esters is 1. The highest BCUT2D eigenvalue weighted by Crippen LogP contribution is 2.33. The van der Waals surface area contributed by atoms with E-state index in [2.05, 4.69) is 6.58 Å². The van der Waals surface area contributed by atoms with Crippen LogP contribution in [0.15, 0.2) is 45.6 Å². The smallest absolute Gasteiger partial charge is 0.416 e. The number of alkyl halides is 3. The van der Waals surface area contributed by atoms with Crippen LogP contribution in [0.2, 0.25) is 0 Å². The normalized spacial score (nSPS) is 11.4. The maximum Gasteiger partial charge on any atom is 0.416 e. The number of hydrogen-bond acceptors (Lipinski definition) is 5. The van der Waals surface area contributed by atoms with Gasteiger partial charge in [0.25, 0.3) is 0 Å². The van der Waals surface area contributed by atoms with E-state index in [1.165, 1.54) is 6.07 Å². The van der Waals surface area contributed by atoms with E-state index in [4.69, 9.17) is 13.9 Å². The van der Waals surface area contributed by atoms with Crippen molar-refractivity contribution in [2.45, 2.75) is 25.9 Å². The molecule has 0 saturated carbocycles. The molecule has 0 aliphatic rings. The Morgan fingerprint density at radius 3 is 2.54 bits per heavy atom. The number of ether oxygens (including phenoxy) is 2. The van der Waals surface area contributed by atoms with Crippen molar-refractivity contribution in [1.29, 1.82) is 0 Å². The van der Waals surface area contributed by atoms with E-state index < -0.39 is 23.3 Å². The average molecular weight is 370 g/mol. The molecule has 0 bridgehead atoms. The first-order chi connectivity index (χ1) is 12.2. The lowest BCUT2D eigenvalue weighted by Gasteiger charge is -2.11. The molecule has 0 N–H and O–H groups in total. The zero-order valence-electron chi connectivity index (χ0n) is 14.0. The van der Waals surface area contributed by atoms with Gasteiger partial charge in [0.1, 0.15) is 11.3 Å². The van der Waals surface area contributed by atoms with Crippen molar-refractivity contribution in [2.24, 2.45) is 0 Å². The molecule has 8 heteroatoms. The minimum Gasteiger partial charge on any atom is -0.493 e. The van der Waals surface area contributed by atoms with Crippen LogP contribution in [0.5, 0.6) is 5.75 Å². The van der Waals surface area contributed by atoms with Gasteiger partial charge in [0.05, 0.1) is 30.2 Å². The number of carbonyl (C=O) groups excluding carboxylic acids is 1. The van der Waals surface area contributed by atoms with Crippen LogP contribution in [0.3, 0.4) is 0 Å². The van der Waals surface area contributed by atoms with Gasteiger partial charge in [-0.15, -0.1) is 0 Å². The average Bonchev–Trinajstić information content (AvgIpc) is 2.55. The lowest BCUT2D eigenvalue weighted by atomic mass is 10.1. The summed E-state index contributed by atoms with van der Waals surface area (Å²) in [6.45, 7) is 5.40. The number of hydrogen-bond donors (Lipinski definition) is 0. The summed E-state index contributed by atoms with van der Waals surface area (Å²) in [5, 5.41) is 0.270. The van der Waals surface area contributed by atoms with Crippen LogP contribution in [-0.2, 0) is 15.7 Å². The zero-order valence-corrected chi connectivity index (χ0v) is 14.0. The Morgan fingerprint density at radius 2 is 1.88 bits per heavy atom. The molecule has 0 fully saturated rings. The van der Waals surface area contributed by atoms with Crippen LogP contribution in [0.4, 0.5) is 13.2 Å². The van der Waals surface area contributed by atoms with Gasteiger partial charge in [0, 0.05) is 5.57 Å². The standard InChI is InChI=1S/C18H17F3O5/c1-11(2)17(23)25-8-4-3-7-24-14-10-16(22)26-15-9-12(18(19,20)21)5-6-13(14)15/h5-6,9-10H,1,3-4,7-8H2,2H3. The van der Waals surface area contributed by atoms with Gasteiger partial charge in [-0.3, -0.25) is 0 Å². The summed E-state index contributed by atoms with van der Waals surface area (Å²) in [4.78, 5) is 22.7. The highest BCUT2D eigenvalue weighted by Gasteiger charge is 2.31. The van der Waals surface area contributed by atoms with Gasteiger partial charge in [-0.25, -0.2) is 9.59 Å². The fraction of sp³-hybridized carbons (Fsp3) is 0.333. The van der Waals surface area contributed by atoms with E-state index in [1.807, 2.05) is 0 Å². The summed E-state index contributed by atoms with van der Waals surface area (Å²) in [5.74, 6) is -0.332. The molecule has 140 valence electrons. The molecule has 26 heavy (non-hydrogen) atoms. The molecule has 0 saturated heterocycles. The Balaban J connectivity index is 2.00. The van der Waals surface area contributed by atoms with E-state index in [1.54, 1.807) is 6.92 Å². The molecule has 1 aromatic heterocycles. The first kappa shape index (κ1) is 19.6. The lowest BCUT2D eigenvalue weighted by Crippen LogP contribution is -2.08. The number of halogens is 3. The summed E-state index contributed by atoms with van der Waals surface area (Å²) in [6, 6.07) is 3.94. The minimum atomic E-state index is -4.54. The van der Waals surface area contributed by atoms with Crippen molar-refractivity contribution in [1.82, 2.24) is 0 Å². The predicted octanol–water partition coefficient (Wildman–Crippen LogP) is 4.09. The predicted molar refractivity (Wildman–Crippen MR) is 88.0 cm³/mol. The molecule has 1 heterocycles. The Kier molecular flexibility index (Phi) is 6.07. The van der Waals surface area contributed by atoms with Gasteiger partial charge in [-0.05, 0) is 38.0 Å². The largest absolute Gasteiger partial charge is 0.493 e. The Hall–Kier alpha value is -2.77. The van der Waals surface area contributed by atoms with Gasteiger partial charge in [0.2, 0.25) is 0 Å². The van der Waals surface area contributed by atoms with E-state index in [0.717, 1.165) is 18.2 Å². The second-order valence-electron chi connectivity index (χ2n) is 5.61. The number of carbonyl (C=O) groups is 1. The Morgan fingerprint density at radius 1 is 1.19 bits per heavy atom. The number of fused-ring (bicyclic) bond motifs is 1. The van der Waals surface area contributed by atoms with Gasteiger partial charge in [0.15, 0.2) is 0 Å². The molecule has 0 aliphatic heterocycles. The third-order valence-corrected chi connectivity index (χ3v) is 3.41. The van der Waals surface area contributed by atoms with Crippen LogP contribution in [0.1, 0.15) is 25.3 Å². The molecule has 5 nitrogen and oxygen atoms in total. The van der Waals surface area contributed by atoms with Gasteiger partial charge in [-0.2, -0.15) is 13.2 Å². The fourth-order valence-electron chi connectivity index (χ4n) is 2.10. The van der Waals surface area contributed by atoms with Crippen molar-refractivity contribution in [3.05, 3.63) is 52.4 Å². The quantitative estimate of drug-likeness (QED) is 0.318. The Bertz CT molecular complexity index is 867. The molecule has 0 atom stereocenters. The van der Waals surface area contributed by atoms with E-state index in [0.29, 0.717) is 18.4 Å². The summed E-state index contributed by atoms with van der Waals surface area (Å²) in [5.41, 5.74) is -1.61. The summed E-state index contributed by atoms with van der Waals surface area (Å²) in [7, 11) is 0. The van der Waals surface area contributed by atoms with E-state index in [-0.39, 0.29) is 29.9 Å². The molecule has 0 aliphatic carbocycles. The van der Waals surface area contributed by atoms with Crippen molar-refractivity contribution < 1.29 is 31.9 Å². The zero-order chi connectivity index (χ0) is 19.3. The maximum absolute atomic E-state index is 12.8. The second-order valence-corrected chi connectivity index (χ2v) is 5.61. The number of benzene rings is 1. The SMILES string of the molecule is C=C(C)C(=O)OCCCCOc1cc(=O)oc2cc(C(F)(F)F)ccc12. The lowest BCUT2D eigenvalue weighted by molar-refractivity contribution is -0.139. The third kappa shape index (κ3) is 5.11. The van der Waals surface area contributed by atoms with E-state index in [9.17, 15) is 22.8 Å². The maximum atomic E-state index is 12.8. The number of rotatable bonds is 7. The van der Waals surface area contributed by atoms with Crippen LogP contribution in [0.25, 0.3) is 11.0 Å². The molecule has 0 spiro atoms. The molecule has 2 rings (SSSR count). The molecule has 2 aromatic rings. The van der Waals surface area contributed by atoms with Gasteiger partial charge < -0.3 is 13.9 Å². The Labute approximate surface area is 147 Å². The van der Waals surface area contributed by atoms with Crippen LogP contribution < -0.4 is 10.4 Å². The molecule has 0 radical (unpaired) electrons. The minimum absolute atomic E-state index is 0.143. The van der Waals surface area contributed by atoms with E-state index >= 15 is 0 Å².